The summed E-state index contributed by atoms with van der Waals surface area (Å²) in [7, 11) is 0. The molecule has 0 amide bonds. The number of rotatable bonds is 0. The SMILES string of the molecule is CC12CC(O)(CCO1)CC2=O. The van der Waals surface area contributed by atoms with Gasteiger partial charge in [0.15, 0.2) is 5.78 Å². The van der Waals surface area contributed by atoms with Crippen LogP contribution >= 0.6 is 0 Å². The highest BCUT2D eigenvalue weighted by molar-refractivity contribution is 5.90. The largest absolute Gasteiger partial charge is 0.389 e. The molecule has 2 aliphatic rings. The Morgan fingerprint density at radius 3 is 2.91 bits per heavy atom. The van der Waals surface area contributed by atoms with Gasteiger partial charge in [0.1, 0.15) is 5.60 Å². The molecule has 11 heavy (non-hydrogen) atoms. The molecule has 1 heterocycles. The Morgan fingerprint density at radius 1 is 1.64 bits per heavy atom. The first-order valence-electron chi connectivity index (χ1n) is 3.94. The zero-order chi connectivity index (χ0) is 8.11. The van der Waals surface area contributed by atoms with Gasteiger partial charge in [-0.05, 0) is 6.92 Å². The molecule has 1 saturated heterocycles. The Morgan fingerprint density at radius 2 is 2.36 bits per heavy atom. The summed E-state index contributed by atoms with van der Waals surface area (Å²) in [5.41, 5.74) is -1.42. The number of hydrogen-bond donors (Lipinski definition) is 1. The second kappa shape index (κ2) is 1.84. The van der Waals surface area contributed by atoms with E-state index in [1.165, 1.54) is 0 Å². The average Bonchev–Trinajstić information content (AvgIpc) is 1.99. The fourth-order valence-corrected chi connectivity index (χ4v) is 2.05. The second-order valence-electron chi connectivity index (χ2n) is 3.83. The molecule has 2 atom stereocenters. The van der Waals surface area contributed by atoms with E-state index in [2.05, 4.69) is 0 Å². The lowest BCUT2D eigenvalue weighted by atomic mass is 9.93. The van der Waals surface area contributed by atoms with Crippen LogP contribution in [0, 0.1) is 0 Å². The van der Waals surface area contributed by atoms with Crippen LogP contribution in [-0.2, 0) is 9.53 Å². The zero-order valence-electron chi connectivity index (χ0n) is 6.59. The van der Waals surface area contributed by atoms with Gasteiger partial charge in [-0.25, -0.2) is 0 Å². The first kappa shape index (κ1) is 7.25. The van der Waals surface area contributed by atoms with Gasteiger partial charge in [-0.15, -0.1) is 0 Å². The summed E-state index contributed by atoms with van der Waals surface area (Å²) < 4.78 is 5.32. The van der Waals surface area contributed by atoms with Crippen molar-refractivity contribution in [3.63, 3.8) is 0 Å². The fraction of sp³-hybridized carbons (Fsp3) is 0.875. The monoisotopic (exact) mass is 156 g/mol. The van der Waals surface area contributed by atoms with Crippen molar-refractivity contribution in [2.24, 2.45) is 0 Å². The molecule has 62 valence electrons. The van der Waals surface area contributed by atoms with E-state index >= 15 is 0 Å². The molecular weight excluding hydrogens is 144 g/mol. The first-order chi connectivity index (χ1) is 5.04. The number of hydrogen-bond acceptors (Lipinski definition) is 3. The number of ether oxygens (including phenoxy) is 1. The molecule has 0 spiro atoms. The molecule has 0 aromatic heterocycles. The predicted molar refractivity (Wildman–Crippen MR) is 38.2 cm³/mol. The summed E-state index contributed by atoms with van der Waals surface area (Å²) in [5.74, 6) is 0.0532. The molecule has 1 aliphatic heterocycles. The molecule has 3 heteroatoms. The Hall–Kier alpha value is -0.410. The molecule has 0 aromatic carbocycles. The molecule has 2 unspecified atom stereocenters. The van der Waals surface area contributed by atoms with Gasteiger partial charge in [-0.3, -0.25) is 4.79 Å². The summed E-state index contributed by atoms with van der Waals surface area (Å²) in [4.78, 5) is 11.3. The Kier molecular flexibility index (Phi) is 1.22. The van der Waals surface area contributed by atoms with Crippen LogP contribution in [0.5, 0.6) is 0 Å². The highest BCUT2D eigenvalue weighted by Gasteiger charge is 2.54. The second-order valence-corrected chi connectivity index (χ2v) is 3.83. The van der Waals surface area contributed by atoms with Crippen molar-refractivity contribution in [3.05, 3.63) is 0 Å². The van der Waals surface area contributed by atoms with Crippen LogP contribution in [0.2, 0.25) is 0 Å². The lowest BCUT2D eigenvalue weighted by molar-refractivity contribution is -0.143. The summed E-state index contributed by atoms with van der Waals surface area (Å²) in [6, 6.07) is 0. The standard InChI is InChI=1S/C8H12O3/c1-7-5-8(10,2-3-11-7)4-6(7)9/h10H,2-5H2,1H3. The van der Waals surface area contributed by atoms with Crippen molar-refractivity contribution in [1.29, 1.82) is 0 Å². The molecule has 2 fully saturated rings. The van der Waals surface area contributed by atoms with Gasteiger partial charge < -0.3 is 9.84 Å². The van der Waals surface area contributed by atoms with E-state index < -0.39 is 11.2 Å². The molecule has 0 aromatic rings. The Labute approximate surface area is 65.4 Å². The van der Waals surface area contributed by atoms with Crippen molar-refractivity contribution < 1.29 is 14.6 Å². The highest BCUT2D eigenvalue weighted by atomic mass is 16.5. The topological polar surface area (TPSA) is 46.5 Å². The molecule has 2 rings (SSSR count). The van der Waals surface area contributed by atoms with Crippen LogP contribution in [0.1, 0.15) is 26.2 Å². The number of ketones is 1. The minimum absolute atomic E-state index is 0.0532. The maximum absolute atomic E-state index is 11.3. The van der Waals surface area contributed by atoms with E-state index in [1.807, 2.05) is 0 Å². The third-order valence-electron chi connectivity index (χ3n) is 2.73. The number of Topliss-reactive ketones (excluding diaryl/α,β-unsaturated/α-hetero) is 1. The minimum Gasteiger partial charge on any atom is -0.389 e. The van der Waals surface area contributed by atoms with E-state index in [0.717, 1.165) is 0 Å². The van der Waals surface area contributed by atoms with Crippen molar-refractivity contribution in [2.45, 2.75) is 37.4 Å². The summed E-state index contributed by atoms with van der Waals surface area (Å²) in [5, 5.41) is 9.76. The van der Waals surface area contributed by atoms with E-state index in [4.69, 9.17) is 4.74 Å². The Bertz CT molecular complexity index is 213. The van der Waals surface area contributed by atoms with Crippen LogP contribution in [-0.4, -0.2) is 28.7 Å². The molecule has 3 nitrogen and oxygen atoms in total. The Balaban J connectivity index is 2.33. The van der Waals surface area contributed by atoms with Crippen molar-refractivity contribution in [1.82, 2.24) is 0 Å². The molecular formula is C8H12O3. The molecule has 2 bridgehead atoms. The third-order valence-corrected chi connectivity index (χ3v) is 2.73. The first-order valence-corrected chi connectivity index (χ1v) is 3.94. The van der Waals surface area contributed by atoms with Crippen molar-refractivity contribution in [3.8, 4) is 0 Å². The van der Waals surface area contributed by atoms with Gasteiger partial charge in [0.25, 0.3) is 0 Å². The maximum atomic E-state index is 11.3. The number of carbonyl (C=O) groups excluding carboxylic acids is 1. The van der Waals surface area contributed by atoms with Crippen LogP contribution in [0.25, 0.3) is 0 Å². The third kappa shape index (κ3) is 0.914. The van der Waals surface area contributed by atoms with Gasteiger partial charge in [0, 0.05) is 19.3 Å². The quantitative estimate of drug-likeness (QED) is 0.547. The lowest BCUT2D eigenvalue weighted by Gasteiger charge is -2.32. The van der Waals surface area contributed by atoms with Crippen molar-refractivity contribution >= 4 is 5.78 Å². The minimum atomic E-state index is -0.746. The summed E-state index contributed by atoms with van der Waals surface area (Å²) in [6.07, 6.45) is 1.37. The number of fused-ring (bicyclic) bond motifs is 2. The van der Waals surface area contributed by atoms with E-state index in [-0.39, 0.29) is 12.2 Å². The van der Waals surface area contributed by atoms with Crippen LogP contribution in [0.15, 0.2) is 0 Å². The van der Waals surface area contributed by atoms with Gasteiger partial charge in [-0.2, -0.15) is 0 Å². The maximum Gasteiger partial charge on any atom is 0.167 e. The van der Waals surface area contributed by atoms with Gasteiger partial charge in [-0.1, -0.05) is 0 Å². The zero-order valence-corrected chi connectivity index (χ0v) is 6.59. The van der Waals surface area contributed by atoms with Crippen molar-refractivity contribution in [2.75, 3.05) is 6.61 Å². The van der Waals surface area contributed by atoms with Gasteiger partial charge >= 0.3 is 0 Å². The molecule has 1 N–H and O–H groups in total. The van der Waals surface area contributed by atoms with Gasteiger partial charge in [0.05, 0.1) is 12.2 Å². The van der Waals surface area contributed by atoms with E-state index in [1.54, 1.807) is 6.92 Å². The summed E-state index contributed by atoms with van der Waals surface area (Å²) >= 11 is 0. The number of aliphatic hydroxyl groups is 1. The fourth-order valence-electron chi connectivity index (χ4n) is 2.05. The van der Waals surface area contributed by atoms with Crippen LogP contribution in [0.4, 0.5) is 0 Å². The predicted octanol–water partition coefficient (Wildman–Crippen LogP) is 0.259. The number of carbonyl (C=O) groups is 1. The smallest absolute Gasteiger partial charge is 0.167 e. The normalized spacial score (nSPS) is 49.8. The molecule has 0 radical (unpaired) electrons. The van der Waals surface area contributed by atoms with Crippen LogP contribution in [0.3, 0.4) is 0 Å². The molecule has 1 saturated carbocycles. The average molecular weight is 156 g/mol. The van der Waals surface area contributed by atoms with Gasteiger partial charge in [0.2, 0.25) is 0 Å². The van der Waals surface area contributed by atoms with Crippen LogP contribution < -0.4 is 0 Å². The van der Waals surface area contributed by atoms with E-state index in [9.17, 15) is 9.90 Å². The summed E-state index contributed by atoms with van der Waals surface area (Å²) in [6.45, 7) is 2.28. The highest BCUT2D eigenvalue weighted by Crippen LogP contribution is 2.43. The lowest BCUT2D eigenvalue weighted by Crippen LogP contribution is -2.40. The van der Waals surface area contributed by atoms with E-state index in [0.29, 0.717) is 19.4 Å². The molecule has 1 aliphatic carbocycles.